The summed E-state index contributed by atoms with van der Waals surface area (Å²) < 4.78 is 19.5. The fraction of sp³-hybridized carbons (Fsp3) is 0.478. The first-order valence-electron chi connectivity index (χ1n) is 22.4. The van der Waals surface area contributed by atoms with Crippen LogP contribution < -0.4 is 40.8 Å². The van der Waals surface area contributed by atoms with E-state index in [2.05, 4.69) is 35.6 Å². The number of halogens is 1. The van der Waals surface area contributed by atoms with Crippen LogP contribution in [0.25, 0.3) is 10.9 Å². The number of rotatable bonds is 13. The van der Waals surface area contributed by atoms with Crippen molar-refractivity contribution in [3.63, 3.8) is 0 Å². The zero-order valence-corrected chi connectivity index (χ0v) is 38.1. The first-order valence-corrected chi connectivity index (χ1v) is 22.8. The number of carbonyl (C=O) groups is 5. The normalized spacial score (nSPS) is 21.5. The maximum absolute atomic E-state index is 13.6. The Morgan fingerprint density at radius 2 is 1.67 bits per heavy atom. The third kappa shape index (κ3) is 8.73. The van der Waals surface area contributed by atoms with Gasteiger partial charge in [0.05, 0.1) is 42.2 Å². The Morgan fingerprint density at radius 1 is 0.909 bits per heavy atom. The number of fused-ring (bicyclic) bond motifs is 2. The average molecular weight is 925 g/mol. The summed E-state index contributed by atoms with van der Waals surface area (Å²) in [6, 6.07) is 9.99. The van der Waals surface area contributed by atoms with Crippen LogP contribution in [0.4, 0.5) is 23.1 Å². The number of hydrogen-bond acceptors (Lipinski definition) is 15. The van der Waals surface area contributed by atoms with Gasteiger partial charge >= 0.3 is 0 Å². The van der Waals surface area contributed by atoms with Crippen LogP contribution in [0.5, 0.6) is 11.5 Å². The van der Waals surface area contributed by atoms with E-state index in [1.54, 1.807) is 29.0 Å². The van der Waals surface area contributed by atoms with Gasteiger partial charge in [0.25, 0.3) is 23.3 Å². The molecule has 9 rings (SSSR count). The van der Waals surface area contributed by atoms with Crippen molar-refractivity contribution in [1.29, 1.82) is 0 Å². The van der Waals surface area contributed by atoms with Crippen molar-refractivity contribution in [3.8, 4) is 11.5 Å². The van der Waals surface area contributed by atoms with Crippen molar-refractivity contribution in [1.82, 2.24) is 35.0 Å². The van der Waals surface area contributed by atoms with E-state index >= 15 is 0 Å². The molecule has 66 heavy (non-hydrogen) atoms. The highest BCUT2D eigenvalue weighted by Gasteiger charge is 2.47. The minimum absolute atomic E-state index is 0.0531. The number of hydrogen-bond donors (Lipinski definition) is 3. The van der Waals surface area contributed by atoms with E-state index in [1.165, 1.54) is 14.2 Å². The van der Waals surface area contributed by atoms with Crippen LogP contribution in [0, 0.1) is 0 Å². The molecule has 1 saturated carbocycles. The van der Waals surface area contributed by atoms with Gasteiger partial charge in [-0.25, -0.2) is 4.98 Å². The number of anilines is 4. The molecule has 3 N–H and O–H groups in total. The topological polar surface area (TPSA) is 210 Å². The second kappa shape index (κ2) is 18.5. The molecule has 348 valence electrons. The summed E-state index contributed by atoms with van der Waals surface area (Å²) in [5, 5.41) is 9.16. The third-order valence-corrected chi connectivity index (χ3v) is 13.5. The maximum atomic E-state index is 13.6. The Balaban J connectivity index is 0.757. The highest BCUT2D eigenvalue weighted by molar-refractivity contribution is 6.33. The largest absolute Gasteiger partial charge is 0.496 e. The molecule has 0 unspecified atom stereocenters. The second-order valence-corrected chi connectivity index (χ2v) is 18.0. The summed E-state index contributed by atoms with van der Waals surface area (Å²) in [5.74, 6) is -1.17. The molecule has 1 aliphatic carbocycles. The number of likely N-dealkylation sites (N-methyl/N-ethyl adjacent to an activating group) is 1. The van der Waals surface area contributed by atoms with Crippen LogP contribution in [-0.2, 0) is 19.1 Å². The van der Waals surface area contributed by atoms with Crippen molar-refractivity contribution in [2.45, 2.75) is 82.7 Å². The summed E-state index contributed by atoms with van der Waals surface area (Å²) in [6.45, 7) is 8.14. The van der Waals surface area contributed by atoms with Crippen molar-refractivity contribution < 1.29 is 38.2 Å². The van der Waals surface area contributed by atoms with Gasteiger partial charge in [-0.3, -0.25) is 43.9 Å². The van der Waals surface area contributed by atoms with Crippen molar-refractivity contribution in [2.75, 3.05) is 75.1 Å². The number of amides is 5. The number of nitrogens with zero attached hydrogens (tertiary/aromatic N) is 7. The number of pyridine rings is 1. The zero-order valence-electron chi connectivity index (χ0n) is 37.3. The number of carbonyl (C=O) groups excluding carboxylic acids is 5. The minimum Gasteiger partial charge on any atom is -0.496 e. The van der Waals surface area contributed by atoms with Crippen LogP contribution in [0.3, 0.4) is 0 Å². The van der Waals surface area contributed by atoms with Crippen LogP contribution in [-0.4, -0.2) is 138 Å². The van der Waals surface area contributed by atoms with Crippen LogP contribution in [0.2, 0.25) is 5.02 Å². The molecule has 2 aromatic carbocycles. The van der Waals surface area contributed by atoms with Crippen molar-refractivity contribution >= 4 is 75.2 Å². The molecule has 4 fully saturated rings. The zero-order chi connectivity index (χ0) is 46.4. The number of piperazine rings is 1. The standard InChI is InChI=1S/C46H53ClN10O9/c1-25(2)56-34-6-5-27(17-26(34)18-37(44(56)62)65-24-39(59)48-3)50-41-33(47)23-49-46(52-41)55-11-9-30(10-12-55)66-31-19-28(20-31)53-13-15-54(16-14-53)29-21-32-40(36(22-29)64-4)45(63)57(43(32)61)35-7-8-38(58)51-42(35)60/h5-6,17-18,21-23,25,28,30-31,35H,7-16,19-20,24H2,1-4H3,(H,48,59)(H,49,50,52)(H,51,58,60)/t28?,31?,35-/m1/s1. The Kier molecular flexibility index (Phi) is 12.6. The third-order valence-electron chi connectivity index (χ3n) is 13.2. The molecule has 0 bridgehead atoms. The highest BCUT2D eigenvalue weighted by Crippen LogP contribution is 2.39. The molecule has 4 aromatic rings. The SMILES string of the molecule is CNC(=O)COc1cc2cc(Nc3nc(N4CCC(OC5CC(N6CCN(c7cc(OC)c8c(c7)C(=O)N([C@@H]7CCC(=O)NC7=O)C8=O)CC6)C5)CC4)ncc3Cl)ccc2n(C(C)C)c1=O. The summed E-state index contributed by atoms with van der Waals surface area (Å²) in [6.07, 6.45) is 5.66. The average Bonchev–Trinajstić information content (AvgIpc) is 3.55. The van der Waals surface area contributed by atoms with Gasteiger partial charge in [-0.2, -0.15) is 4.98 Å². The molecule has 0 spiro atoms. The molecular formula is C46H53ClN10O9. The number of nitrogens with one attached hydrogen (secondary N) is 3. The number of piperidine rings is 2. The van der Waals surface area contributed by atoms with Gasteiger partial charge < -0.3 is 39.2 Å². The van der Waals surface area contributed by atoms with Gasteiger partial charge in [-0.1, -0.05) is 11.6 Å². The fourth-order valence-electron chi connectivity index (χ4n) is 9.61. The summed E-state index contributed by atoms with van der Waals surface area (Å²) in [7, 11) is 2.97. The molecule has 6 heterocycles. The van der Waals surface area contributed by atoms with Gasteiger partial charge in [0, 0.05) is 87.6 Å². The Bertz CT molecular complexity index is 2660. The van der Waals surface area contributed by atoms with Gasteiger partial charge in [-0.05, 0) is 76.3 Å². The van der Waals surface area contributed by atoms with E-state index in [1.807, 2.05) is 32.0 Å². The number of aromatic nitrogens is 3. The number of ether oxygens (including phenoxy) is 3. The van der Waals surface area contributed by atoms with E-state index in [9.17, 15) is 28.8 Å². The van der Waals surface area contributed by atoms with E-state index < -0.39 is 29.7 Å². The second-order valence-electron chi connectivity index (χ2n) is 17.6. The molecule has 4 aliphatic heterocycles. The maximum Gasteiger partial charge on any atom is 0.293 e. The first kappa shape index (κ1) is 44.9. The van der Waals surface area contributed by atoms with Gasteiger partial charge in [0.1, 0.15) is 16.8 Å². The molecule has 5 aliphatic rings. The monoisotopic (exact) mass is 924 g/mol. The smallest absolute Gasteiger partial charge is 0.293 e. The summed E-state index contributed by atoms with van der Waals surface area (Å²) >= 11 is 6.60. The Labute approximate surface area is 385 Å². The van der Waals surface area contributed by atoms with Crippen LogP contribution in [0.15, 0.2) is 47.4 Å². The van der Waals surface area contributed by atoms with E-state index in [4.69, 9.17) is 30.8 Å². The van der Waals surface area contributed by atoms with Crippen LogP contribution in [0.1, 0.15) is 79.1 Å². The minimum atomic E-state index is -1.04. The molecule has 3 saturated heterocycles. The number of methoxy groups -OCH3 is 1. The predicted octanol–water partition coefficient (Wildman–Crippen LogP) is 3.64. The number of benzene rings is 2. The van der Waals surface area contributed by atoms with Crippen molar-refractivity contribution in [3.05, 3.63) is 69.1 Å². The lowest BCUT2D eigenvalue weighted by Gasteiger charge is -2.47. The molecule has 2 aromatic heterocycles. The Morgan fingerprint density at radius 3 is 2.36 bits per heavy atom. The van der Waals surface area contributed by atoms with E-state index in [0.29, 0.717) is 28.5 Å². The molecule has 0 radical (unpaired) electrons. The molecular weight excluding hydrogens is 872 g/mol. The first-order chi connectivity index (χ1) is 31.8. The molecule has 5 amide bonds. The summed E-state index contributed by atoms with van der Waals surface area (Å²) in [5.41, 5.74) is 2.24. The highest BCUT2D eigenvalue weighted by atomic mass is 35.5. The van der Waals surface area contributed by atoms with Gasteiger partial charge in [0.15, 0.2) is 18.2 Å². The Hall–Kier alpha value is -6.31. The van der Waals surface area contributed by atoms with Gasteiger partial charge in [0.2, 0.25) is 17.8 Å². The van der Waals surface area contributed by atoms with E-state index in [0.717, 1.165) is 86.4 Å². The number of imide groups is 2. The predicted molar refractivity (Wildman–Crippen MR) is 245 cm³/mol. The molecule has 19 nitrogen and oxygen atoms in total. The molecule has 1 atom stereocenters. The van der Waals surface area contributed by atoms with Crippen molar-refractivity contribution in [2.24, 2.45) is 0 Å². The lowest BCUT2D eigenvalue weighted by atomic mass is 9.87. The van der Waals surface area contributed by atoms with Gasteiger partial charge in [-0.15, -0.1) is 0 Å². The quantitative estimate of drug-likeness (QED) is 0.164. The van der Waals surface area contributed by atoms with Crippen LogP contribution >= 0.6 is 11.6 Å². The lowest BCUT2D eigenvalue weighted by molar-refractivity contribution is -0.136. The summed E-state index contributed by atoms with van der Waals surface area (Å²) in [4.78, 5) is 93.6. The fourth-order valence-corrected chi connectivity index (χ4v) is 9.75. The molecule has 20 heteroatoms. The lowest BCUT2D eigenvalue weighted by Crippen LogP contribution is -2.56. The van der Waals surface area contributed by atoms with E-state index in [-0.39, 0.29) is 71.8 Å².